The lowest BCUT2D eigenvalue weighted by molar-refractivity contribution is 0.0777. The molecule has 0 saturated heterocycles. The van der Waals surface area contributed by atoms with Gasteiger partial charge in [-0.25, -0.2) is 0 Å². The molecule has 2 rings (SSSR count). The summed E-state index contributed by atoms with van der Waals surface area (Å²) in [6, 6.07) is 9.42. The number of carbonyl (C=O) groups excluding carboxylic acids is 1. The Bertz CT molecular complexity index is 627. The zero-order chi connectivity index (χ0) is 15.2. The van der Waals surface area contributed by atoms with Gasteiger partial charge in [0.05, 0.1) is 12.2 Å². The highest BCUT2D eigenvalue weighted by Crippen LogP contribution is 2.11. The van der Waals surface area contributed by atoms with E-state index in [0.717, 1.165) is 23.6 Å². The van der Waals surface area contributed by atoms with E-state index >= 15 is 0 Å². The van der Waals surface area contributed by atoms with Crippen LogP contribution in [0, 0.1) is 6.92 Å². The molecule has 1 amide bonds. The van der Waals surface area contributed by atoms with Crippen molar-refractivity contribution in [3.8, 4) is 0 Å². The molecule has 0 atom stereocenters. The molecule has 0 aromatic carbocycles. The molecule has 21 heavy (non-hydrogen) atoms. The lowest BCUT2D eigenvalue weighted by atomic mass is 10.2. The highest BCUT2D eigenvalue weighted by molar-refractivity contribution is 5.92. The van der Waals surface area contributed by atoms with Crippen LogP contribution in [0.4, 0.5) is 5.69 Å². The fourth-order valence-corrected chi connectivity index (χ4v) is 2.06. The van der Waals surface area contributed by atoms with Gasteiger partial charge in [-0.1, -0.05) is 6.07 Å². The first-order valence-electron chi connectivity index (χ1n) is 6.98. The van der Waals surface area contributed by atoms with E-state index in [1.54, 1.807) is 24.2 Å². The van der Waals surface area contributed by atoms with Crippen molar-refractivity contribution in [2.24, 2.45) is 0 Å². The van der Waals surface area contributed by atoms with Gasteiger partial charge >= 0.3 is 0 Å². The number of amides is 1. The van der Waals surface area contributed by atoms with Gasteiger partial charge in [0, 0.05) is 31.2 Å². The molecule has 2 heterocycles. The molecule has 0 aliphatic rings. The first kappa shape index (κ1) is 15.0. The van der Waals surface area contributed by atoms with Crippen molar-refractivity contribution in [2.45, 2.75) is 20.4 Å². The number of pyridine rings is 2. The molecule has 0 unspecified atom stereocenters. The predicted molar refractivity (Wildman–Crippen MR) is 83.2 cm³/mol. The summed E-state index contributed by atoms with van der Waals surface area (Å²) in [6.07, 6.45) is 1.64. The van der Waals surface area contributed by atoms with Gasteiger partial charge < -0.3 is 10.2 Å². The molecule has 0 saturated carbocycles. The molecule has 2 aromatic heterocycles. The number of hydrogen-bond donors (Lipinski definition) is 1. The molecule has 0 spiro atoms. The molecule has 0 aliphatic carbocycles. The van der Waals surface area contributed by atoms with Crippen LogP contribution >= 0.6 is 0 Å². The first-order valence-corrected chi connectivity index (χ1v) is 6.98. The second kappa shape index (κ2) is 6.83. The van der Waals surface area contributed by atoms with E-state index < -0.39 is 0 Å². The third kappa shape index (κ3) is 4.02. The fraction of sp³-hybridized carbons (Fsp3) is 0.312. The van der Waals surface area contributed by atoms with E-state index in [0.29, 0.717) is 12.2 Å². The largest absolute Gasteiger partial charge is 0.385 e. The summed E-state index contributed by atoms with van der Waals surface area (Å²) >= 11 is 0. The number of aromatic nitrogens is 2. The molecule has 0 aliphatic heterocycles. The molecule has 1 N–H and O–H groups in total. The third-order valence-corrected chi connectivity index (χ3v) is 3.05. The summed E-state index contributed by atoms with van der Waals surface area (Å²) in [4.78, 5) is 22.6. The Kier molecular flexibility index (Phi) is 4.87. The Hall–Kier alpha value is -2.43. The lowest BCUT2D eigenvalue weighted by Crippen LogP contribution is -2.27. The average Bonchev–Trinajstić information content (AvgIpc) is 2.47. The average molecular weight is 284 g/mol. The Morgan fingerprint density at radius 2 is 2.14 bits per heavy atom. The van der Waals surface area contributed by atoms with Gasteiger partial charge in [0.2, 0.25) is 0 Å². The van der Waals surface area contributed by atoms with Crippen LogP contribution in [0.5, 0.6) is 0 Å². The van der Waals surface area contributed by atoms with E-state index in [9.17, 15) is 4.79 Å². The molecule has 5 heteroatoms. The number of nitrogens with one attached hydrogen (secondary N) is 1. The maximum absolute atomic E-state index is 12.4. The number of carbonyl (C=O) groups is 1. The van der Waals surface area contributed by atoms with Crippen molar-refractivity contribution in [3.63, 3.8) is 0 Å². The third-order valence-electron chi connectivity index (χ3n) is 3.05. The maximum atomic E-state index is 12.4. The van der Waals surface area contributed by atoms with Crippen molar-refractivity contribution in [1.29, 1.82) is 0 Å². The van der Waals surface area contributed by atoms with Gasteiger partial charge in [-0.05, 0) is 38.1 Å². The Morgan fingerprint density at radius 1 is 1.33 bits per heavy atom. The van der Waals surface area contributed by atoms with Crippen LogP contribution in [0.25, 0.3) is 0 Å². The topological polar surface area (TPSA) is 58.1 Å². The second-order valence-electron chi connectivity index (χ2n) is 4.89. The number of hydrogen-bond acceptors (Lipinski definition) is 4. The minimum Gasteiger partial charge on any atom is -0.385 e. The van der Waals surface area contributed by atoms with E-state index in [4.69, 9.17) is 0 Å². The van der Waals surface area contributed by atoms with Crippen molar-refractivity contribution in [3.05, 3.63) is 53.6 Å². The van der Waals surface area contributed by atoms with Crippen molar-refractivity contribution in [1.82, 2.24) is 14.9 Å². The summed E-state index contributed by atoms with van der Waals surface area (Å²) in [6.45, 7) is 5.22. The molecule has 110 valence electrons. The minimum atomic E-state index is -0.113. The van der Waals surface area contributed by atoms with E-state index in [2.05, 4.69) is 15.3 Å². The van der Waals surface area contributed by atoms with Gasteiger partial charge in [0.1, 0.15) is 5.69 Å². The van der Waals surface area contributed by atoms with Crippen LogP contribution in [0.15, 0.2) is 36.5 Å². The second-order valence-corrected chi connectivity index (χ2v) is 4.89. The molecule has 0 radical (unpaired) electrons. The standard InChI is InChI=1S/C16H20N4O/c1-4-17-13-8-9-18-15(10-13)16(21)20(3)11-14-7-5-6-12(2)19-14/h5-10H,4,11H2,1-3H3,(H,17,18). The van der Waals surface area contributed by atoms with Gasteiger partial charge in [0.15, 0.2) is 0 Å². The number of anilines is 1. The summed E-state index contributed by atoms with van der Waals surface area (Å²) in [5, 5.41) is 3.18. The molecule has 0 fully saturated rings. The smallest absolute Gasteiger partial charge is 0.272 e. The quantitative estimate of drug-likeness (QED) is 0.916. The highest BCUT2D eigenvalue weighted by Gasteiger charge is 2.14. The van der Waals surface area contributed by atoms with Crippen LogP contribution in [0.2, 0.25) is 0 Å². The fourth-order valence-electron chi connectivity index (χ4n) is 2.06. The molecular formula is C16H20N4O. The number of rotatable bonds is 5. The van der Waals surface area contributed by atoms with Crippen LogP contribution in [-0.4, -0.2) is 34.4 Å². The highest BCUT2D eigenvalue weighted by atomic mass is 16.2. The molecule has 0 bridgehead atoms. The van der Waals surface area contributed by atoms with Gasteiger partial charge in [-0.15, -0.1) is 0 Å². The SMILES string of the molecule is CCNc1ccnc(C(=O)N(C)Cc2cccc(C)n2)c1. The summed E-state index contributed by atoms with van der Waals surface area (Å²) in [7, 11) is 1.76. The van der Waals surface area contributed by atoms with Gasteiger partial charge in [0.25, 0.3) is 5.91 Å². The Balaban J connectivity index is 2.10. The normalized spacial score (nSPS) is 10.2. The monoisotopic (exact) mass is 284 g/mol. The molecule has 2 aromatic rings. The lowest BCUT2D eigenvalue weighted by Gasteiger charge is -2.17. The van der Waals surface area contributed by atoms with Gasteiger partial charge in [-0.3, -0.25) is 14.8 Å². The van der Waals surface area contributed by atoms with Crippen molar-refractivity contribution >= 4 is 11.6 Å². The minimum absolute atomic E-state index is 0.113. The van der Waals surface area contributed by atoms with Crippen molar-refractivity contribution in [2.75, 3.05) is 18.9 Å². The summed E-state index contributed by atoms with van der Waals surface area (Å²) < 4.78 is 0. The van der Waals surface area contributed by atoms with Crippen LogP contribution in [-0.2, 0) is 6.54 Å². The molecule has 5 nitrogen and oxygen atoms in total. The number of aryl methyl sites for hydroxylation is 1. The van der Waals surface area contributed by atoms with E-state index in [1.165, 1.54) is 0 Å². The molecular weight excluding hydrogens is 264 g/mol. The number of nitrogens with zero attached hydrogens (tertiary/aromatic N) is 3. The maximum Gasteiger partial charge on any atom is 0.272 e. The first-order chi connectivity index (χ1) is 10.1. The van der Waals surface area contributed by atoms with Gasteiger partial charge in [-0.2, -0.15) is 0 Å². The zero-order valence-electron chi connectivity index (χ0n) is 12.6. The summed E-state index contributed by atoms with van der Waals surface area (Å²) in [5.74, 6) is -0.113. The van der Waals surface area contributed by atoms with Crippen molar-refractivity contribution < 1.29 is 4.79 Å². The predicted octanol–water partition coefficient (Wildman–Crippen LogP) is 2.49. The van der Waals surface area contributed by atoms with Crippen LogP contribution in [0.1, 0.15) is 28.8 Å². The Labute approximate surface area is 125 Å². The van der Waals surface area contributed by atoms with E-state index in [-0.39, 0.29) is 5.91 Å². The summed E-state index contributed by atoms with van der Waals surface area (Å²) in [5.41, 5.74) is 3.15. The van der Waals surface area contributed by atoms with Crippen LogP contribution in [0.3, 0.4) is 0 Å². The van der Waals surface area contributed by atoms with E-state index in [1.807, 2.05) is 38.1 Å². The Morgan fingerprint density at radius 3 is 2.86 bits per heavy atom. The zero-order valence-corrected chi connectivity index (χ0v) is 12.6. The van der Waals surface area contributed by atoms with Crippen LogP contribution < -0.4 is 5.32 Å².